The largest absolute Gasteiger partial charge is 0.463 e. The number of terminal acetylenes is 1. The van der Waals surface area contributed by atoms with Crippen molar-refractivity contribution < 1.29 is 23.4 Å². The van der Waals surface area contributed by atoms with E-state index >= 15 is 8.78 Å². The molecule has 4 aliphatic heterocycles. The van der Waals surface area contributed by atoms with Crippen molar-refractivity contribution in [1.29, 1.82) is 0 Å². The van der Waals surface area contributed by atoms with E-state index < -0.39 is 23.7 Å². The number of aliphatic hydroxyl groups excluding tert-OH is 1. The van der Waals surface area contributed by atoms with E-state index in [1.165, 1.54) is 6.07 Å². The highest BCUT2D eigenvalue weighted by atomic mass is 19.1. The number of piperazine rings is 1. The summed E-state index contributed by atoms with van der Waals surface area (Å²) in [6, 6.07) is 7.62. The van der Waals surface area contributed by atoms with Crippen molar-refractivity contribution in [2.75, 3.05) is 57.4 Å². The number of ether oxygens (including phenoxy) is 2. The standard InChI is InChI=1S/C37H41F2N5O3/c1-2-21-4-3-5-22-10-27(45)11-28(31(21)22)32-30(38)12-29-34(33(32)39)41-36(42-35(29)44-15-25-6-7-26(16-44)40-25)47-20-37(8-9-37)19-43-13-23-17-46-18-24(23)14-43/h1,3-5,12,23-28,40,45H,6-11,13-20H2/t23-,24+,25?,26?,27-,28?/m1/s1. The highest BCUT2D eigenvalue weighted by Gasteiger charge is 2.48. The number of aliphatic hydroxyl groups is 1. The van der Waals surface area contributed by atoms with Crippen molar-refractivity contribution in [2.24, 2.45) is 17.3 Å². The Morgan fingerprint density at radius 1 is 1.06 bits per heavy atom. The van der Waals surface area contributed by atoms with Crippen LogP contribution in [0.2, 0.25) is 0 Å². The Labute approximate surface area is 273 Å². The lowest BCUT2D eigenvalue weighted by Gasteiger charge is -2.34. The highest BCUT2D eigenvalue weighted by molar-refractivity contribution is 5.91. The molecule has 2 aromatic carbocycles. The Morgan fingerprint density at radius 3 is 2.55 bits per heavy atom. The number of aromatic nitrogens is 2. The Bertz CT molecular complexity index is 1750. The highest BCUT2D eigenvalue weighted by Crippen LogP contribution is 2.48. The van der Waals surface area contributed by atoms with Crippen LogP contribution in [0.1, 0.15) is 60.3 Å². The van der Waals surface area contributed by atoms with Crippen molar-refractivity contribution in [3.8, 4) is 18.4 Å². The van der Waals surface area contributed by atoms with Gasteiger partial charge in [-0.05, 0) is 61.8 Å². The summed E-state index contributed by atoms with van der Waals surface area (Å²) in [5, 5.41) is 14.8. The summed E-state index contributed by atoms with van der Waals surface area (Å²) < 4.78 is 45.3. The van der Waals surface area contributed by atoms with Gasteiger partial charge in [0.2, 0.25) is 0 Å². The minimum atomic E-state index is -0.747. The van der Waals surface area contributed by atoms with E-state index in [9.17, 15) is 5.11 Å². The molecule has 0 spiro atoms. The molecule has 4 saturated heterocycles. The predicted molar refractivity (Wildman–Crippen MR) is 174 cm³/mol. The Kier molecular flexibility index (Phi) is 7.20. The fourth-order valence-corrected chi connectivity index (χ4v) is 9.22. The molecule has 2 bridgehead atoms. The van der Waals surface area contributed by atoms with E-state index in [0.717, 1.165) is 64.1 Å². The molecule has 47 heavy (non-hydrogen) atoms. The maximum absolute atomic E-state index is 17.0. The molecule has 2 aliphatic carbocycles. The molecule has 5 fully saturated rings. The van der Waals surface area contributed by atoms with Crippen molar-refractivity contribution in [2.45, 2.75) is 62.6 Å². The number of nitrogens with zero attached hydrogens (tertiary/aromatic N) is 4. The number of halogens is 2. The number of hydrogen-bond acceptors (Lipinski definition) is 8. The molecule has 1 saturated carbocycles. The monoisotopic (exact) mass is 641 g/mol. The average molecular weight is 642 g/mol. The van der Waals surface area contributed by atoms with Crippen LogP contribution in [-0.2, 0) is 11.2 Å². The van der Waals surface area contributed by atoms with Gasteiger partial charge in [0.15, 0.2) is 5.82 Å². The lowest BCUT2D eigenvalue weighted by Crippen LogP contribution is -2.51. The molecular weight excluding hydrogens is 600 g/mol. The lowest BCUT2D eigenvalue weighted by molar-refractivity contribution is 0.131. The van der Waals surface area contributed by atoms with Crippen LogP contribution in [0.3, 0.4) is 0 Å². The first-order valence-corrected chi connectivity index (χ1v) is 17.3. The third-order valence-corrected chi connectivity index (χ3v) is 11.7. The lowest BCUT2D eigenvalue weighted by atomic mass is 9.75. The van der Waals surface area contributed by atoms with Gasteiger partial charge in [-0.1, -0.05) is 18.1 Å². The number of hydrogen-bond donors (Lipinski definition) is 2. The molecular formula is C37H41F2N5O3. The van der Waals surface area contributed by atoms with E-state index in [4.69, 9.17) is 20.9 Å². The molecule has 246 valence electrons. The van der Waals surface area contributed by atoms with Gasteiger partial charge in [-0.25, -0.2) is 8.78 Å². The fraction of sp³-hybridized carbons (Fsp3) is 0.568. The molecule has 10 heteroatoms. The molecule has 3 aromatic rings. The topological polar surface area (TPSA) is 83.0 Å². The van der Waals surface area contributed by atoms with E-state index in [1.54, 1.807) is 6.07 Å². The number of likely N-dealkylation sites (tertiary alicyclic amines) is 1. The number of anilines is 1. The number of rotatable bonds is 7. The van der Waals surface area contributed by atoms with E-state index in [-0.39, 0.29) is 28.9 Å². The molecule has 0 radical (unpaired) electrons. The van der Waals surface area contributed by atoms with Gasteiger partial charge in [0.25, 0.3) is 0 Å². The van der Waals surface area contributed by atoms with Gasteiger partial charge in [-0.3, -0.25) is 0 Å². The van der Waals surface area contributed by atoms with Crippen molar-refractivity contribution >= 4 is 16.7 Å². The predicted octanol–water partition coefficient (Wildman–Crippen LogP) is 4.01. The van der Waals surface area contributed by atoms with Gasteiger partial charge >= 0.3 is 6.01 Å². The minimum absolute atomic E-state index is 0.0339. The normalized spacial score (nSPS) is 30.7. The quantitative estimate of drug-likeness (QED) is 0.375. The van der Waals surface area contributed by atoms with E-state index in [1.807, 2.05) is 12.1 Å². The summed E-state index contributed by atoms with van der Waals surface area (Å²) >= 11 is 0. The second-order valence-electron chi connectivity index (χ2n) is 15.1. The van der Waals surface area contributed by atoms with Crippen molar-refractivity contribution in [3.05, 3.63) is 58.2 Å². The van der Waals surface area contributed by atoms with Crippen LogP contribution >= 0.6 is 0 Å². The van der Waals surface area contributed by atoms with Crippen LogP contribution < -0.4 is 15.0 Å². The third-order valence-electron chi connectivity index (χ3n) is 11.7. The zero-order valence-electron chi connectivity index (χ0n) is 26.6. The third kappa shape index (κ3) is 5.27. The fourth-order valence-electron chi connectivity index (χ4n) is 9.22. The summed E-state index contributed by atoms with van der Waals surface area (Å²) in [7, 11) is 0. The Hall–Kier alpha value is -3.36. The zero-order valence-corrected chi connectivity index (χ0v) is 26.6. The number of nitrogens with one attached hydrogen (secondary N) is 1. The van der Waals surface area contributed by atoms with Crippen LogP contribution in [0, 0.1) is 41.2 Å². The van der Waals surface area contributed by atoms with Crippen LogP contribution in [0.5, 0.6) is 6.01 Å². The number of benzene rings is 2. The number of fused-ring (bicyclic) bond motifs is 5. The van der Waals surface area contributed by atoms with E-state index in [2.05, 4.69) is 26.0 Å². The van der Waals surface area contributed by atoms with Crippen LogP contribution in [0.15, 0.2) is 24.3 Å². The maximum atomic E-state index is 17.0. The molecule has 1 aromatic heterocycles. The van der Waals surface area contributed by atoms with Crippen molar-refractivity contribution in [3.63, 3.8) is 0 Å². The molecule has 9 rings (SSSR count). The Balaban J connectivity index is 1.09. The molecule has 3 unspecified atom stereocenters. The molecule has 5 heterocycles. The summed E-state index contributed by atoms with van der Waals surface area (Å²) in [6.45, 7) is 6.66. The SMILES string of the molecule is C#Cc1cccc2c1C(c1c(F)cc3c(N4CC5CCC(C4)N5)nc(OCC4(CN5C[C@H]6COC[C@H]6C5)CC4)nc3c1F)C[C@H](O)C2. The summed E-state index contributed by atoms with van der Waals surface area (Å²) in [6.07, 6.45) is 9.94. The first-order chi connectivity index (χ1) is 22.9. The second-order valence-corrected chi connectivity index (χ2v) is 15.1. The Morgan fingerprint density at radius 2 is 1.83 bits per heavy atom. The molecule has 6 aliphatic rings. The van der Waals surface area contributed by atoms with Gasteiger partial charge in [0.05, 0.1) is 25.9 Å². The average Bonchev–Trinajstić information content (AvgIpc) is 3.30. The minimum Gasteiger partial charge on any atom is -0.463 e. The first-order valence-electron chi connectivity index (χ1n) is 17.3. The van der Waals surface area contributed by atoms with Gasteiger partial charge < -0.3 is 29.7 Å². The summed E-state index contributed by atoms with van der Waals surface area (Å²) in [5.41, 5.74) is 2.08. The smallest absolute Gasteiger partial charge is 0.319 e. The summed E-state index contributed by atoms with van der Waals surface area (Å²) in [4.78, 5) is 14.2. The van der Waals surface area contributed by atoms with Gasteiger partial charge in [0.1, 0.15) is 17.2 Å². The molecule has 6 atom stereocenters. The van der Waals surface area contributed by atoms with E-state index in [0.29, 0.717) is 72.4 Å². The summed E-state index contributed by atoms with van der Waals surface area (Å²) in [5.74, 6) is 2.29. The van der Waals surface area contributed by atoms with Crippen LogP contribution in [0.4, 0.5) is 14.6 Å². The van der Waals surface area contributed by atoms with Crippen LogP contribution in [0.25, 0.3) is 10.9 Å². The zero-order chi connectivity index (χ0) is 31.9. The molecule has 0 amide bonds. The van der Waals surface area contributed by atoms with Gasteiger partial charge in [0, 0.05) is 84.5 Å². The van der Waals surface area contributed by atoms with Crippen molar-refractivity contribution in [1.82, 2.24) is 20.2 Å². The first kappa shape index (κ1) is 29.8. The maximum Gasteiger partial charge on any atom is 0.319 e. The van der Waals surface area contributed by atoms with Gasteiger partial charge in [-0.15, -0.1) is 6.42 Å². The molecule has 2 N–H and O–H groups in total. The molecule has 8 nitrogen and oxygen atoms in total. The van der Waals surface area contributed by atoms with Gasteiger partial charge in [-0.2, -0.15) is 9.97 Å². The second kappa shape index (κ2) is 11.4. The van der Waals surface area contributed by atoms with Crippen LogP contribution in [-0.4, -0.2) is 90.7 Å².